The number of phenolic OH excluding ortho intramolecular Hbond substituents is 1. The molecular weight excluding hydrogens is 232 g/mol. The molecule has 0 bridgehead atoms. The van der Waals surface area contributed by atoms with Crippen LogP contribution < -0.4 is 4.74 Å². The fourth-order valence-electron chi connectivity index (χ4n) is 1.50. The van der Waals surface area contributed by atoms with Gasteiger partial charge in [-0.05, 0) is 24.3 Å². The first kappa shape index (κ1) is 12.0. The number of rotatable bonds is 4. The Balaban J connectivity index is 2.08. The average Bonchev–Trinajstić information content (AvgIpc) is 2.38. The summed E-state index contributed by atoms with van der Waals surface area (Å²) in [4.78, 5) is 10.7. The summed E-state index contributed by atoms with van der Waals surface area (Å²) >= 11 is 0. The molecule has 0 atom stereocenters. The van der Waals surface area contributed by atoms with Crippen molar-refractivity contribution in [3.8, 4) is 11.5 Å². The molecule has 0 saturated carbocycles. The van der Waals surface area contributed by atoms with E-state index in [1.165, 1.54) is 12.1 Å². The summed E-state index contributed by atoms with van der Waals surface area (Å²) in [6.45, 7) is 0.190. The van der Waals surface area contributed by atoms with E-state index < -0.39 is 5.97 Å². The third kappa shape index (κ3) is 2.79. The lowest BCUT2D eigenvalue weighted by atomic mass is 10.1. The molecule has 0 saturated heterocycles. The number of hydrogen-bond donors (Lipinski definition) is 2. The van der Waals surface area contributed by atoms with Gasteiger partial charge in [-0.25, -0.2) is 4.79 Å². The molecule has 0 fully saturated rings. The maximum Gasteiger partial charge on any atom is 0.335 e. The van der Waals surface area contributed by atoms with Crippen molar-refractivity contribution in [3.05, 3.63) is 59.7 Å². The number of aromatic carboxylic acids is 1. The van der Waals surface area contributed by atoms with Gasteiger partial charge >= 0.3 is 5.97 Å². The van der Waals surface area contributed by atoms with E-state index in [0.29, 0.717) is 11.3 Å². The van der Waals surface area contributed by atoms with Crippen LogP contribution in [0.25, 0.3) is 0 Å². The SMILES string of the molecule is O=C(O)c1ccc(COc2ccccc2)c(O)c1. The number of carboxylic acid groups (broad SMARTS) is 1. The number of ether oxygens (including phenoxy) is 1. The second kappa shape index (κ2) is 5.23. The second-order valence-corrected chi connectivity index (χ2v) is 3.75. The van der Waals surface area contributed by atoms with Crippen LogP contribution >= 0.6 is 0 Å². The zero-order valence-corrected chi connectivity index (χ0v) is 9.54. The van der Waals surface area contributed by atoms with E-state index in [0.717, 1.165) is 0 Å². The first-order valence-electron chi connectivity index (χ1n) is 5.40. The van der Waals surface area contributed by atoms with Gasteiger partial charge in [-0.15, -0.1) is 0 Å². The number of carboxylic acids is 1. The molecule has 2 N–H and O–H groups in total. The number of aromatic hydroxyl groups is 1. The zero-order chi connectivity index (χ0) is 13.0. The van der Waals surface area contributed by atoms with E-state index in [2.05, 4.69) is 0 Å². The number of benzene rings is 2. The van der Waals surface area contributed by atoms with Crippen molar-refractivity contribution in [2.45, 2.75) is 6.61 Å². The predicted octanol–water partition coefficient (Wildman–Crippen LogP) is 2.67. The van der Waals surface area contributed by atoms with Gasteiger partial charge in [0.2, 0.25) is 0 Å². The van der Waals surface area contributed by atoms with Crippen molar-refractivity contribution < 1.29 is 19.7 Å². The van der Waals surface area contributed by atoms with Gasteiger partial charge in [0.25, 0.3) is 0 Å². The molecule has 18 heavy (non-hydrogen) atoms. The molecule has 4 nitrogen and oxygen atoms in total. The predicted molar refractivity (Wildman–Crippen MR) is 65.8 cm³/mol. The quantitative estimate of drug-likeness (QED) is 0.867. The van der Waals surface area contributed by atoms with Crippen molar-refractivity contribution >= 4 is 5.97 Å². The third-order valence-corrected chi connectivity index (χ3v) is 2.47. The van der Waals surface area contributed by atoms with Gasteiger partial charge in [-0.2, -0.15) is 0 Å². The van der Waals surface area contributed by atoms with Gasteiger partial charge in [0.05, 0.1) is 5.56 Å². The van der Waals surface area contributed by atoms with Gasteiger partial charge in [0.15, 0.2) is 0 Å². The minimum atomic E-state index is -1.07. The lowest BCUT2D eigenvalue weighted by Crippen LogP contribution is -1.99. The first-order chi connectivity index (χ1) is 8.66. The summed E-state index contributed by atoms with van der Waals surface area (Å²) < 4.78 is 5.47. The summed E-state index contributed by atoms with van der Waals surface area (Å²) in [5.41, 5.74) is 0.597. The molecule has 0 amide bonds. The number of phenols is 1. The van der Waals surface area contributed by atoms with Crippen LogP contribution in [0.4, 0.5) is 0 Å². The monoisotopic (exact) mass is 244 g/mol. The third-order valence-electron chi connectivity index (χ3n) is 2.47. The largest absolute Gasteiger partial charge is 0.508 e. The highest BCUT2D eigenvalue weighted by atomic mass is 16.5. The number of carbonyl (C=O) groups is 1. The fourth-order valence-corrected chi connectivity index (χ4v) is 1.50. The Morgan fingerprint density at radius 2 is 1.83 bits per heavy atom. The van der Waals surface area contributed by atoms with Crippen LogP contribution in [0.5, 0.6) is 11.5 Å². The minimum Gasteiger partial charge on any atom is -0.508 e. The highest BCUT2D eigenvalue weighted by Crippen LogP contribution is 2.21. The number of hydrogen-bond acceptors (Lipinski definition) is 3. The van der Waals surface area contributed by atoms with Gasteiger partial charge in [0.1, 0.15) is 18.1 Å². The maximum absolute atomic E-state index is 10.7. The average molecular weight is 244 g/mol. The lowest BCUT2D eigenvalue weighted by Gasteiger charge is -2.08. The standard InChI is InChI=1S/C14H12O4/c15-13-8-10(14(16)17)6-7-11(13)9-18-12-4-2-1-3-5-12/h1-8,15H,9H2,(H,16,17). The molecule has 0 aromatic heterocycles. The van der Waals surface area contributed by atoms with Crippen molar-refractivity contribution in [1.29, 1.82) is 0 Å². The van der Waals surface area contributed by atoms with E-state index >= 15 is 0 Å². The van der Waals surface area contributed by atoms with Crippen LogP contribution in [0.15, 0.2) is 48.5 Å². The lowest BCUT2D eigenvalue weighted by molar-refractivity contribution is 0.0696. The Hall–Kier alpha value is -2.49. The molecule has 92 valence electrons. The first-order valence-corrected chi connectivity index (χ1v) is 5.40. The van der Waals surface area contributed by atoms with Crippen molar-refractivity contribution in [1.82, 2.24) is 0 Å². The molecular formula is C14H12O4. The van der Waals surface area contributed by atoms with E-state index in [1.807, 2.05) is 30.3 Å². The summed E-state index contributed by atoms with van der Waals surface area (Å²) in [7, 11) is 0. The van der Waals surface area contributed by atoms with Gasteiger partial charge in [0, 0.05) is 5.56 Å². The van der Waals surface area contributed by atoms with E-state index in [4.69, 9.17) is 9.84 Å². The molecule has 2 aromatic rings. The zero-order valence-electron chi connectivity index (χ0n) is 9.54. The number of para-hydroxylation sites is 1. The van der Waals surface area contributed by atoms with Crippen LogP contribution in [0, 0.1) is 0 Å². The Kier molecular flexibility index (Phi) is 3.48. The van der Waals surface area contributed by atoms with Crippen LogP contribution in [0.2, 0.25) is 0 Å². The second-order valence-electron chi connectivity index (χ2n) is 3.75. The molecule has 0 aliphatic carbocycles. The Morgan fingerprint density at radius 1 is 1.11 bits per heavy atom. The topological polar surface area (TPSA) is 66.8 Å². The Bertz CT molecular complexity index is 549. The molecule has 0 heterocycles. The van der Waals surface area contributed by atoms with Crippen molar-refractivity contribution in [3.63, 3.8) is 0 Å². The summed E-state index contributed by atoms with van der Waals surface area (Å²) in [5, 5.41) is 18.4. The van der Waals surface area contributed by atoms with Crippen LogP contribution in [0.3, 0.4) is 0 Å². The molecule has 0 aliphatic heterocycles. The Labute approximate surface area is 104 Å². The highest BCUT2D eigenvalue weighted by Gasteiger charge is 2.08. The maximum atomic E-state index is 10.7. The molecule has 0 spiro atoms. The van der Waals surface area contributed by atoms with E-state index in [1.54, 1.807) is 6.07 Å². The fraction of sp³-hybridized carbons (Fsp3) is 0.0714. The van der Waals surface area contributed by atoms with Crippen molar-refractivity contribution in [2.75, 3.05) is 0 Å². The summed E-state index contributed by atoms with van der Waals surface area (Å²) in [6.07, 6.45) is 0. The summed E-state index contributed by atoms with van der Waals surface area (Å²) in [6, 6.07) is 13.4. The Morgan fingerprint density at radius 3 is 2.44 bits per heavy atom. The molecule has 0 aliphatic rings. The molecule has 4 heteroatoms. The van der Waals surface area contributed by atoms with Crippen LogP contribution in [-0.2, 0) is 6.61 Å². The normalized spacial score (nSPS) is 10.0. The van der Waals surface area contributed by atoms with Crippen molar-refractivity contribution in [2.24, 2.45) is 0 Å². The molecule has 0 unspecified atom stereocenters. The molecule has 0 radical (unpaired) electrons. The van der Waals surface area contributed by atoms with Gasteiger partial charge in [-0.1, -0.05) is 24.3 Å². The van der Waals surface area contributed by atoms with Gasteiger partial charge < -0.3 is 14.9 Å². The highest BCUT2D eigenvalue weighted by molar-refractivity contribution is 5.88. The van der Waals surface area contributed by atoms with Gasteiger partial charge in [-0.3, -0.25) is 0 Å². The molecule has 2 rings (SSSR count). The van der Waals surface area contributed by atoms with Crippen LogP contribution in [-0.4, -0.2) is 16.2 Å². The molecule has 2 aromatic carbocycles. The minimum absolute atomic E-state index is 0.0518. The summed E-state index contributed by atoms with van der Waals surface area (Å²) in [5.74, 6) is -0.453. The van der Waals surface area contributed by atoms with E-state index in [9.17, 15) is 9.90 Å². The smallest absolute Gasteiger partial charge is 0.335 e. The van der Waals surface area contributed by atoms with E-state index in [-0.39, 0.29) is 17.9 Å². The van der Waals surface area contributed by atoms with Crippen LogP contribution in [0.1, 0.15) is 15.9 Å².